The predicted octanol–water partition coefficient (Wildman–Crippen LogP) is 5.45. The zero-order chi connectivity index (χ0) is 14.9. The number of hydrogen-bond acceptors (Lipinski definition) is 2. The van der Waals surface area contributed by atoms with Crippen molar-refractivity contribution >= 4 is 44.6 Å². The lowest BCUT2D eigenvalue weighted by Crippen LogP contribution is -2.06. The van der Waals surface area contributed by atoms with Gasteiger partial charge in [0.1, 0.15) is 0 Å². The largest absolute Gasteiger partial charge is 0.417 e. The van der Waals surface area contributed by atoms with Gasteiger partial charge in [-0.1, -0.05) is 27.5 Å². The van der Waals surface area contributed by atoms with E-state index in [1.807, 2.05) is 0 Å². The number of hydrogen-bond donors (Lipinski definition) is 2. The Morgan fingerprint density at radius 1 is 1.10 bits per heavy atom. The Labute approximate surface area is 126 Å². The van der Waals surface area contributed by atoms with Crippen LogP contribution >= 0.6 is 27.5 Å². The minimum absolute atomic E-state index is 0.0149. The Hall–Kier alpha value is -1.40. The third-order valence-corrected chi connectivity index (χ3v) is 3.55. The third-order valence-electron chi connectivity index (χ3n) is 2.54. The van der Waals surface area contributed by atoms with Crippen LogP contribution in [0.2, 0.25) is 5.02 Å². The standard InChI is InChI=1S/C13H9BrClF3N2/c14-10-3-2-8(6-9(10)13(16,17)18)20-12-4-1-7(19)5-11(12)15/h1-6,20H,19H2. The van der Waals surface area contributed by atoms with Gasteiger partial charge in [-0.3, -0.25) is 0 Å². The van der Waals surface area contributed by atoms with Gasteiger partial charge in [0, 0.05) is 15.8 Å². The maximum absolute atomic E-state index is 12.8. The van der Waals surface area contributed by atoms with Gasteiger partial charge in [-0.25, -0.2) is 0 Å². The molecule has 2 rings (SSSR count). The zero-order valence-corrected chi connectivity index (χ0v) is 12.3. The Balaban J connectivity index is 2.35. The SMILES string of the molecule is Nc1ccc(Nc2ccc(Br)c(C(F)(F)F)c2)c(Cl)c1. The number of nitrogen functional groups attached to an aromatic ring is 1. The maximum atomic E-state index is 12.8. The summed E-state index contributed by atoms with van der Waals surface area (Å²) in [5.41, 5.74) is 6.05. The Bertz CT molecular complexity index is 644. The highest BCUT2D eigenvalue weighted by molar-refractivity contribution is 9.10. The summed E-state index contributed by atoms with van der Waals surface area (Å²) in [7, 11) is 0. The minimum Gasteiger partial charge on any atom is -0.399 e. The van der Waals surface area contributed by atoms with Crippen molar-refractivity contribution in [1.29, 1.82) is 0 Å². The molecule has 20 heavy (non-hydrogen) atoms. The molecular formula is C13H9BrClF3N2. The molecule has 2 aromatic rings. The first-order valence-electron chi connectivity index (χ1n) is 5.46. The fourth-order valence-electron chi connectivity index (χ4n) is 1.61. The summed E-state index contributed by atoms with van der Waals surface area (Å²) in [5.74, 6) is 0. The highest BCUT2D eigenvalue weighted by Crippen LogP contribution is 2.37. The summed E-state index contributed by atoms with van der Waals surface area (Å²) in [6.07, 6.45) is -4.43. The van der Waals surface area contributed by atoms with Crippen LogP contribution in [0.1, 0.15) is 5.56 Å². The van der Waals surface area contributed by atoms with Crippen LogP contribution in [0, 0.1) is 0 Å². The molecule has 0 fully saturated rings. The predicted molar refractivity (Wildman–Crippen MR) is 78.3 cm³/mol. The Morgan fingerprint density at radius 2 is 1.80 bits per heavy atom. The van der Waals surface area contributed by atoms with Crippen LogP contribution in [0.4, 0.5) is 30.2 Å². The average molecular weight is 366 g/mol. The van der Waals surface area contributed by atoms with Crippen LogP contribution in [0.3, 0.4) is 0 Å². The first-order chi connectivity index (χ1) is 9.27. The van der Waals surface area contributed by atoms with E-state index >= 15 is 0 Å². The average Bonchev–Trinajstić information content (AvgIpc) is 2.33. The van der Waals surface area contributed by atoms with Crippen molar-refractivity contribution in [2.24, 2.45) is 0 Å². The molecule has 0 spiro atoms. The molecule has 0 aliphatic heterocycles. The molecule has 2 aromatic carbocycles. The number of nitrogens with one attached hydrogen (secondary N) is 1. The summed E-state index contributed by atoms with van der Waals surface area (Å²) in [6.45, 7) is 0. The topological polar surface area (TPSA) is 38.0 Å². The molecule has 3 N–H and O–H groups in total. The molecule has 106 valence electrons. The van der Waals surface area contributed by atoms with Crippen LogP contribution in [0.15, 0.2) is 40.9 Å². The van der Waals surface area contributed by atoms with Gasteiger partial charge in [-0.2, -0.15) is 13.2 Å². The van der Waals surface area contributed by atoms with Crippen LogP contribution in [-0.4, -0.2) is 0 Å². The second kappa shape index (κ2) is 5.54. The molecule has 0 saturated carbocycles. The van der Waals surface area contributed by atoms with Crippen LogP contribution in [0.5, 0.6) is 0 Å². The normalized spacial score (nSPS) is 11.4. The zero-order valence-electron chi connectivity index (χ0n) is 9.93. The molecule has 0 atom stereocenters. The summed E-state index contributed by atoms with van der Waals surface area (Å²) in [4.78, 5) is 0. The highest BCUT2D eigenvalue weighted by Gasteiger charge is 2.33. The quantitative estimate of drug-likeness (QED) is 0.695. The number of nitrogens with two attached hydrogens (primary N) is 1. The molecule has 2 nitrogen and oxygen atoms in total. The fraction of sp³-hybridized carbons (Fsp3) is 0.0769. The molecule has 0 aromatic heterocycles. The summed E-state index contributed by atoms with van der Waals surface area (Å²) >= 11 is 8.85. The van der Waals surface area contributed by atoms with Gasteiger partial charge in [0.05, 0.1) is 16.3 Å². The van der Waals surface area contributed by atoms with Crippen molar-refractivity contribution in [3.8, 4) is 0 Å². The lowest BCUT2D eigenvalue weighted by atomic mass is 10.2. The van der Waals surface area contributed by atoms with Gasteiger partial charge in [0.25, 0.3) is 0 Å². The monoisotopic (exact) mass is 364 g/mol. The highest BCUT2D eigenvalue weighted by atomic mass is 79.9. The number of halogens is 5. The van der Waals surface area contributed by atoms with E-state index < -0.39 is 11.7 Å². The third kappa shape index (κ3) is 3.37. The fourth-order valence-corrected chi connectivity index (χ4v) is 2.32. The van der Waals surface area contributed by atoms with Gasteiger partial charge >= 0.3 is 6.18 Å². The van der Waals surface area contributed by atoms with Crippen molar-refractivity contribution in [3.05, 3.63) is 51.5 Å². The van der Waals surface area contributed by atoms with Gasteiger partial charge in [-0.15, -0.1) is 0 Å². The second-order valence-corrected chi connectivity index (χ2v) is 5.32. The molecule has 0 saturated heterocycles. The molecule has 0 bridgehead atoms. The molecule has 0 amide bonds. The van der Waals surface area contributed by atoms with E-state index in [1.165, 1.54) is 18.2 Å². The van der Waals surface area contributed by atoms with E-state index in [2.05, 4.69) is 21.2 Å². The molecule has 7 heteroatoms. The van der Waals surface area contributed by atoms with E-state index in [0.717, 1.165) is 6.07 Å². The molecule has 0 aliphatic rings. The van der Waals surface area contributed by atoms with Crippen molar-refractivity contribution in [2.75, 3.05) is 11.1 Å². The lowest BCUT2D eigenvalue weighted by molar-refractivity contribution is -0.138. The van der Waals surface area contributed by atoms with Gasteiger partial charge in [-0.05, 0) is 36.4 Å². The van der Waals surface area contributed by atoms with Gasteiger partial charge in [0.2, 0.25) is 0 Å². The van der Waals surface area contributed by atoms with Crippen molar-refractivity contribution in [3.63, 3.8) is 0 Å². The van der Waals surface area contributed by atoms with Crippen LogP contribution in [-0.2, 0) is 6.18 Å². The molecule has 0 heterocycles. The number of alkyl halides is 3. The first-order valence-corrected chi connectivity index (χ1v) is 6.63. The summed E-state index contributed by atoms with van der Waals surface area (Å²) in [6, 6.07) is 8.59. The number of rotatable bonds is 2. The van der Waals surface area contributed by atoms with E-state index in [-0.39, 0.29) is 10.2 Å². The lowest BCUT2D eigenvalue weighted by Gasteiger charge is -2.13. The smallest absolute Gasteiger partial charge is 0.399 e. The van der Waals surface area contributed by atoms with Crippen LogP contribution < -0.4 is 11.1 Å². The van der Waals surface area contributed by atoms with Crippen molar-refractivity contribution < 1.29 is 13.2 Å². The van der Waals surface area contributed by atoms with E-state index in [9.17, 15) is 13.2 Å². The first kappa shape index (κ1) is 15.0. The van der Waals surface area contributed by atoms with Gasteiger partial charge < -0.3 is 11.1 Å². The van der Waals surface area contributed by atoms with Crippen molar-refractivity contribution in [1.82, 2.24) is 0 Å². The van der Waals surface area contributed by atoms with E-state index in [4.69, 9.17) is 17.3 Å². The van der Waals surface area contributed by atoms with E-state index in [0.29, 0.717) is 16.4 Å². The minimum atomic E-state index is -4.43. The molecule has 0 aliphatic carbocycles. The molecular weight excluding hydrogens is 357 g/mol. The summed E-state index contributed by atoms with van der Waals surface area (Å²) < 4.78 is 38.4. The molecule has 0 radical (unpaired) electrons. The Morgan fingerprint density at radius 3 is 2.40 bits per heavy atom. The number of benzene rings is 2. The second-order valence-electron chi connectivity index (χ2n) is 4.06. The van der Waals surface area contributed by atoms with Crippen LogP contribution in [0.25, 0.3) is 0 Å². The molecule has 0 unspecified atom stereocenters. The number of anilines is 3. The Kier molecular flexibility index (Phi) is 4.15. The van der Waals surface area contributed by atoms with Crippen molar-refractivity contribution in [2.45, 2.75) is 6.18 Å². The summed E-state index contributed by atoms with van der Waals surface area (Å²) in [5, 5.41) is 3.17. The maximum Gasteiger partial charge on any atom is 0.417 e. The van der Waals surface area contributed by atoms with E-state index in [1.54, 1.807) is 12.1 Å². The van der Waals surface area contributed by atoms with Gasteiger partial charge in [0.15, 0.2) is 0 Å².